The second kappa shape index (κ2) is 7.59. The number of nitrogens with zero attached hydrogens (tertiary/aromatic N) is 1. The maximum Gasteiger partial charge on any atom is 0.416 e. The summed E-state index contributed by atoms with van der Waals surface area (Å²) in [4.78, 5) is 3.82. The Hall–Kier alpha value is -1.14. The molecule has 0 saturated heterocycles. The highest BCUT2D eigenvalue weighted by atomic mass is 19.4. The van der Waals surface area contributed by atoms with E-state index < -0.39 is 17.8 Å². The second-order valence-electron chi connectivity index (χ2n) is 4.85. The van der Waals surface area contributed by atoms with Crippen LogP contribution in [0, 0.1) is 0 Å². The van der Waals surface area contributed by atoms with Crippen LogP contribution in [0.15, 0.2) is 18.5 Å². The Labute approximate surface area is 117 Å². The Morgan fingerprint density at radius 3 is 2.60 bits per heavy atom. The van der Waals surface area contributed by atoms with Crippen LogP contribution in [0.2, 0.25) is 0 Å². The second-order valence-corrected chi connectivity index (χ2v) is 4.85. The number of hydrogen-bond acceptors (Lipinski definition) is 3. The minimum Gasteiger partial charge on any atom is -0.377 e. The molecule has 1 rings (SSSR count). The van der Waals surface area contributed by atoms with Crippen LogP contribution in [0.1, 0.15) is 44.4 Å². The van der Waals surface area contributed by atoms with E-state index in [1.165, 1.54) is 6.20 Å². The summed E-state index contributed by atoms with van der Waals surface area (Å²) in [6.45, 7) is 6.47. The minimum atomic E-state index is -4.39. The molecule has 0 aliphatic heterocycles. The van der Waals surface area contributed by atoms with Gasteiger partial charge in [-0.3, -0.25) is 4.98 Å². The molecule has 0 radical (unpaired) electrons. The van der Waals surface area contributed by atoms with Crippen molar-refractivity contribution in [1.82, 2.24) is 10.3 Å². The number of rotatable bonds is 7. The Balaban J connectivity index is 3.00. The van der Waals surface area contributed by atoms with Crippen LogP contribution in [-0.4, -0.2) is 24.2 Å². The lowest BCUT2D eigenvalue weighted by Crippen LogP contribution is -2.29. The van der Waals surface area contributed by atoms with Gasteiger partial charge in [0.2, 0.25) is 0 Å². The number of hydrogen-bond donors (Lipinski definition) is 1. The monoisotopic (exact) mass is 290 g/mol. The molecule has 1 atom stereocenters. The third-order valence-corrected chi connectivity index (χ3v) is 2.77. The van der Waals surface area contributed by atoms with E-state index in [9.17, 15) is 13.2 Å². The molecule has 0 saturated carbocycles. The van der Waals surface area contributed by atoms with E-state index in [2.05, 4.69) is 10.3 Å². The maximum atomic E-state index is 13.0. The first-order chi connectivity index (χ1) is 9.36. The summed E-state index contributed by atoms with van der Waals surface area (Å²) >= 11 is 0. The summed E-state index contributed by atoms with van der Waals surface area (Å²) in [5.74, 6) is 0. The van der Waals surface area contributed by atoms with Crippen molar-refractivity contribution in [3.63, 3.8) is 0 Å². The lowest BCUT2D eigenvalue weighted by Gasteiger charge is -2.23. The minimum absolute atomic E-state index is 0.0352. The highest BCUT2D eigenvalue weighted by molar-refractivity contribution is 5.29. The van der Waals surface area contributed by atoms with Crippen molar-refractivity contribution in [2.75, 3.05) is 13.2 Å². The Morgan fingerprint density at radius 1 is 1.35 bits per heavy atom. The predicted octanol–water partition coefficient (Wildman–Crippen LogP) is 3.57. The fourth-order valence-electron chi connectivity index (χ4n) is 1.81. The van der Waals surface area contributed by atoms with E-state index in [1.54, 1.807) is 0 Å². The van der Waals surface area contributed by atoms with Gasteiger partial charge in [-0.15, -0.1) is 0 Å². The van der Waals surface area contributed by atoms with Gasteiger partial charge in [0.25, 0.3) is 0 Å². The number of pyridine rings is 1. The summed E-state index contributed by atoms with van der Waals surface area (Å²) in [6, 6.07) is 0.494. The molecule has 3 nitrogen and oxygen atoms in total. The summed E-state index contributed by atoms with van der Waals surface area (Å²) in [5, 5.41) is 3.09. The molecule has 1 heterocycles. The van der Waals surface area contributed by atoms with E-state index >= 15 is 0 Å². The lowest BCUT2D eigenvalue weighted by atomic mass is 10.0. The van der Waals surface area contributed by atoms with Crippen molar-refractivity contribution >= 4 is 0 Å². The van der Waals surface area contributed by atoms with Crippen LogP contribution in [0.5, 0.6) is 0 Å². The first-order valence-electron chi connectivity index (χ1n) is 6.72. The molecule has 6 heteroatoms. The van der Waals surface area contributed by atoms with Crippen LogP contribution in [0.4, 0.5) is 13.2 Å². The zero-order chi connectivity index (χ0) is 15.2. The van der Waals surface area contributed by atoms with Gasteiger partial charge < -0.3 is 10.1 Å². The number of nitrogens with one attached hydrogen (secondary N) is 1. The molecule has 0 aromatic carbocycles. The Bertz CT molecular complexity index is 408. The van der Waals surface area contributed by atoms with E-state index in [0.717, 1.165) is 18.7 Å². The van der Waals surface area contributed by atoms with Gasteiger partial charge in [-0.25, -0.2) is 0 Å². The molecule has 0 fully saturated rings. The highest BCUT2D eigenvalue weighted by Crippen LogP contribution is 2.34. The average molecular weight is 290 g/mol. The normalized spacial score (nSPS) is 13.8. The molecule has 114 valence electrons. The third-order valence-electron chi connectivity index (χ3n) is 2.77. The van der Waals surface area contributed by atoms with Crippen molar-refractivity contribution in [3.05, 3.63) is 29.6 Å². The molecule has 0 spiro atoms. The quantitative estimate of drug-likeness (QED) is 0.833. The van der Waals surface area contributed by atoms with Crippen molar-refractivity contribution < 1.29 is 17.9 Å². The van der Waals surface area contributed by atoms with Gasteiger partial charge in [-0.05, 0) is 32.9 Å². The van der Waals surface area contributed by atoms with Crippen LogP contribution < -0.4 is 5.32 Å². The molecule has 0 aliphatic rings. The Morgan fingerprint density at radius 2 is 2.05 bits per heavy atom. The number of halogens is 3. The van der Waals surface area contributed by atoms with Crippen molar-refractivity contribution in [2.24, 2.45) is 0 Å². The van der Waals surface area contributed by atoms with E-state index in [-0.39, 0.29) is 18.3 Å². The van der Waals surface area contributed by atoms with Gasteiger partial charge in [-0.1, -0.05) is 6.92 Å². The van der Waals surface area contributed by atoms with Crippen LogP contribution >= 0.6 is 0 Å². The topological polar surface area (TPSA) is 34.1 Å². The van der Waals surface area contributed by atoms with Gasteiger partial charge >= 0.3 is 6.18 Å². The van der Waals surface area contributed by atoms with E-state index in [0.29, 0.717) is 6.54 Å². The molecule has 0 bridgehead atoms. The fraction of sp³-hybridized carbons (Fsp3) is 0.643. The summed E-state index contributed by atoms with van der Waals surface area (Å²) in [5.41, 5.74) is -0.525. The molecule has 1 aromatic heterocycles. The molecule has 20 heavy (non-hydrogen) atoms. The number of ether oxygens (including phenoxy) is 1. The molecule has 0 aliphatic carbocycles. The molecule has 1 unspecified atom stereocenters. The van der Waals surface area contributed by atoms with Crippen LogP contribution in [-0.2, 0) is 10.9 Å². The predicted molar refractivity (Wildman–Crippen MR) is 71.4 cm³/mol. The zero-order valence-corrected chi connectivity index (χ0v) is 12.0. The van der Waals surface area contributed by atoms with Crippen molar-refractivity contribution in [3.8, 4) is 0 Å². The number of alkyl halides is 3. The van der Waals surface area contributed by atoms with Gasteiger partial charge in [-0.2, -0.15) is 13.2 Å². The first-order valence-corrected chi connectivity index (χ1v) is 6.72. The van der Waals surface area contributed by atoms with Gasteiger partial charge in [0.1, 0.15) is 0 Å². The van der Waals surface area contributed by atoms with E-state index in [1.807, 2.05) is 20.8 Å². The average Bonchev–Trinajstić information content (AvgIpc) is 2.37. The smallest absolute Gasteiger partial charge is 0.377 e. The third kappa shape index (κ3) is 5.09. The summed E-state index contributed by atoms with van der Waals surface area (Å²) in [6.07, 6.45) is -1.17. The summed E-state index contributed by atoms with van der Waals surface area (Å²) in [7, 11) is 0. The van der Waals surface area contributed by atoms with Gasteiger partial charge in [0, 0.05) is 18.0 Å². The maximum absolute atomic E-state index is 13.0. The summed E-state index contributed by atoms with van der Waals surface area (Å²) < 4.78 is 44.6. The molecule has 1 aromatic rings. The van der Waals surface area contributed by atoms with Crippen molar-refractivity contribution in [2.45, 2.75) is 45.5 Å². The zero-order valence-electron chi connectivity index (χ0n) is 12.0. The number of aromatic nitrogens is 1. The van der Waals surface area contributed by atoms with Gasteiger partial charge in [0.05, 0.1) is 24.3 Å². The van der Waals surface area contributed by atoms with E-state index in [4.69, 9.17) is 4.74 Å². The fourth-order valence-corrected chi connectivity index (χ4v) is 1.81. The lowest BCUT2D eigenvalue weighted by molar-refractivity contribution is -0.138. The molecule has 1 N–H and O–H groups in total. The SMILES string of the molecule is CCCNC(COC(C)C)c1cnccc1C(F)(F)F. The molecule has 0 amide bonds. The molecular formula is C14H21F3N2O. The first kappa shape index (κ1) is 16.9. The van der Waals surface area contributed by atoms with Crippen LogP contribution in [0.3, 0.4) is 0 Å². The highest BCUT2D eigenvalue weighted by Gasteiger charge is 2.35. The largest absolute Gasteiger partial charge is 0.416 e. The molecular weight excluding hydrogens is 269 g/mol. The van der Waals surface area contributed by atoms with Crippen molar-refractivity contribution in [1.29, 1.82) is 0 Å². The standard InChI is InChI=1S/C14H21F3N2O/c1-4-6-19-13(9-20-10(2)3)11-8-18-7-5-12(11)14(15,16)17/h5,7-8,10,13,19H,4,6,9H2,1-3H3. The van der Waals surface area contributed by atoms with Crippen LogP contribution in [0.25, 0.3) is 0 Å². The van der Waals surface area contributed by atoms with Gasteiger partial charge in [0.15, 0.2) is 0 Å². The Kier molecular flexibility index (Phi) is 6.42.